The minimum atomic E-state index is 0.347. The lowest BCUT2D eigenvalue weighted by atomic mass is 10.1. The van der Waals surface area contributed by atoms with E-state index in [0.29, 0.717) is 6.04 Å². The van der Waals surface area contributed by atoms with Gasteiger partial charge >= 0.3 is 0 Å². The summed E-state index contributed by atoms with van der Waals surface area (Å²) < 4.78 is 5.64. The first kappa shape index (κ1) is 14.4. The molecule has 1 rings (SSSR count). The molecule has 0 heterocycles. The van der Waals surface area contributed by atoms with Crippen molar-refractivity contribution in [3.63, 3.8) is 0 Å². The van der Waals surface area contributed by atoms with Crippen LogP contribution < -0.4 is 10.1 Å². The smallest absolute Gasteiger partial charge is 0.124 e. The Kier molecular flexibility index (Phi) is 7.13. The number of hydrogen-bond donors (Lipinski definition) is 1. The van der Waals surface area contributed by atoms with Gasteiger partial charge in [0, 0.05) is 11.6 Å². The van der Waals surface area contributed by atoms with Gasteiger partial charge in [-0.2, -0.15) is 11.8 Å². The molecule has 0 amide bonds. The Morgan fingerprint density at radius 1 is 1.35 bits per heavy atom. The third-order valence-corrected chi connectivity index (χ3v) is 3.36. The molecular formula is C14H23NOS. The summed E-state index contributed by atoms with van der Waals surface area (Å²) in [5.41, 5.74) is 1.25. The third-order valence-electron chi connectivity index (χ3n) is 2.66. The summed E-state index contributed by atoms with van der Waals surface area (Å²) in [6.07, 6.45) is 3.36. The Morgan fingerprint density at radius 2 is 2.12 bits per heavy atom. The van der Waals surface area contributed by atoms with E-state index in [4.69, 9.17) is 4.74 Å². The average Bonchev–Trinajstić information content (AvgIpc) is 2.35. The van der Waals surface area contributed by atoms with Gasteiger partial charge < -0.3 is 10.1 Å². The molecule has 96 valence electrons. The van der Waals surface area contributed by atoms with Crippen molar-refractivity contribution < 1.29 is 4.74 Å². The molecule has 2 nitrogen and oxygen atoms in total. The summed E-state index contributed by atoms with van der Waals surface area (Å²) in [4.78, 5) is 0. The Morgan fingerprint density at radius 3 is 2.82 bits per heavy atom. The van der Waals surface area contributed by atoms with Crippen LogP contribution in [0.1, 0.15) is 31.9 Å². The normalized spacial score (nSPS) is 12.4. The minimum Gasteiger partial charge on any atom is -0.494 e. The molecule has 0 bridgehead atoms. The Bertz CT molecular complexity index is 317. The van der Waals surface area contributed by atoms with E-state index in [1.165, 1.54) is 17.7 Å². The molecule has 0 spiro atoms. The maximum Gasteiger partial charge on any atom is 0.124 e. The molecule has 3 heteroatoms. The van der Waals surface area contributed by atoms with Crippen molar-refractivity contribution in [2.75, 3.05) is 25.2 Å². The van der Waals surface area contributed by atoms with Crippen LogP contribution in [0.3, 0.4) is 0 Å². The van der Waals surface area contributed by atoms with Gasteiger partial charge in [0.15, 0.2) is 0 Å². The highest BCUT2D eigenvalue weighted by molar-refractivity contribution is 7.98. The van der Waals surface area contributed by atoms with Crippen LogP contribution >= 0.6 is 11.8 Å². The van der Waals surface area contributed by atoms with Gasteiger partial charge in [-0.05, 0) is 44.9 Å². The zero-order chi connectivity index (χ0) is 12.5. The lowest BCUT2D eigenvalue weighted by molar-refractivity contribution is 0.332. The van der Waals surface area contributed by atoms with Crippen molar-refractivity contribution in [3.05, 3.63) is 29.8 Å². The molecule has 0 fully saturated rings. The molecule has 0 saturated carbocycles. The topological polar surface area (TPSA) is 21.3 Å². The molecule has 0 aliphatic rings. The van der Waals surface area contributed by atoms with E-state index in [-0.39, 0.29) is 0 Å². The van der Waals surface area contributed by atoms with Crippen molar-refractivity contribution in [2.24, 2.45) is 0 Å². The predicted molar refractivity (Wildman–Crippen MR) is 77.0 cm³/mol. The number of nitrogens with one attached hydrogen (secondary N) is 1. The fourth-order valence-electron chi connectivity index (χ4n) is 1.77. The zero-order valence-corrected chi connectivity index (χ0v) is 11.8. The van der Waals surface area contributed by atoms with Gasteiger partial charge in [0.2, 0.25) is 0 Å². The van der Waals surface area contributed by atoms with Crippen molar-refractivity contribution in [3.8, 4) is 5.75 Å². The molecule has 1 aromatic rings. The molecule has 0 aliphatic carbocycles. The van der Waals surface area contributed by atoms with E-state index >= 15 is 0 Å². The highest BCUT2D eigenvalue weighted by Crippen LogP contribution is 2.24. The first-order valence-corrected chi connectivity index (χ1v) is 7.63. The van der Waals surface area contributed by atoms with Gasteiger partial charge in [-0.25, -0.2) is 0 Å². The maximum absolute atomic E-state index is 5.64. The van der Waals surface area contributed by atoms with Gasteiger partial charge in [0.25, 0.3) is 0 Å². The second-order valence-corrected chi connectivity index (χ2v) is 4.98. The number of para-hydroxylation sites is 1. The molecule has 1 unspecified atom stereocenters. The van der Waals surface area contributed by atoms with Crippen molar-refractivity contribution in [1.29, 1.82) is 0 Å². The lowest BCUT2D eigenvalue weighted by Crippen LogP contribution is -2.21. The summed E-state index contributed by atoms with van der Waals surface area (Å²) in [7, 11) is 0. The summed E-state index contributed by atoms with van der Waals surface area (Å²) in [5, 5.41) is 3.54. The van der Waals surface area contributed by atoms with Crippen LogP contribution in [0.15, 0.2) is 24.3 Å². The molecular weight excluding hydrogens is 230 g/mol. The number of benzene rings is 1. The van der Waals surface area contributed by atoms with Crippen LogP contribution in [0.25, 0.3) is 0 Å². The highest BCUT2D eigenvalue weighted by atomic mass is 32.2. The van der Waals surface area contributed by atoms with E-state index in [1.807, 2.05) is 30.8 Å². The fraction of sp³-hybridized carbons (Fsp3) is 0.571. The first-order valence-electron chi connectivity index (χ1n) is 6.23. The van der Waals surface area contributed by atoms with E-state index in [2.05, 4.69) is 30.6 Å². The molecule has 0 aliphatic heterocycles. The van der Waals surface area contributed by atoms with E-state index in [1.54, 1.807) is 0 Å². The molecule has 1 N–H and O–H groups in total. The number of ether oxygens (including phenoxy) is 1. The van der Waals surface area contributed by atoms with E-state index in [9.17, 15) is 0 Å². The van der Waals surface area contributed by atoms with E-state index < -0.39 is 0 Å². The van der Waals surface area contributed by atoms with Gasteiger partial charge in [-0.15, -0.1) is 0 Å². The van der Waals surface area contributed by atoms with Gasteiger partial charge in [0.05, 0.1) is 6.61 Å². The molecule has 17 heavy (non-hydrogen) atoms. The first-order chi connectivity index (χ1) is 8.29. The second kappa shape index (κ2) is 8.43. The van der Waals surface area contributed by atoms with Crippen molar-refractivity contribution in [2.45, 2.75) is 26.3 Å². The second-order valence-electron chi connectivity index (χ2n) is 3.99. The maximum atomic E-state index is 5.64. The van der Waals surface area contributed by atoms with Crippen molar-refractivity contribution >= 4 is 11.8 Å². The van der Waals surface area contributed by atoms with Crippen LogP contribution in [0, 0.1) is 0 Å². The summed E-state index contributed by atoms with van der Waals surface area (Å²) >= 11 is 1.90. The largest absolute Gasteiger partial charge is 0.494 e. The Balaban J connectivity index is 2.52. The van der Waals surface area contributed by atoms with Gasteiger partial charge in [-0.1, -0.05) is 18.2 Å². The van der Waals surface area contributed by atoms with Crippen LogP contribution in [0.2, 0.25) is 0 Å². The zero-order valence-electron chi connectivity index (χ0n) is 11.0. The molecule has 0 saturated heterocycles. The SMILES string of the molecule is CCOc1ccccc1C(C)NCCCSC. The monoisotopic (exact) mass is 253 g/mol. The highest BCUT2D eigenvalue weighted by Gasteiger charge is 2.09. The van der Waals surface area contributed by atoms with Crippen molar-refractivity contribution in [1.82, 2.24) is 5.32 Å². The summed E-state index contributed by atoms with van der Waals surface area (Å²) in [5.74, 6) is 2.21. The van der Waals surface area contributed by atoms with Crippen LogP contribution in [-0.4, -0.2) is 25.2 Å². The van der Waals surface area contributed by atoms with Crippen LogP contribution in [0.5, 0.6) is 5.75 Å². The number of rotatable bonds is 8. The standard InChI is InChI=1S/C14H23NOS/c1-4-16-14-9-6-5-8-13(14)12(2)15-10-7-11-17-3/h5-6,8-9,12,15H,4,7,10-11H2,1-3H3. The molecule has 1 atom stereocenters. The van der Waals surface area contributed by atoms with E-state index in [0.717, 1.165) is 18.9 Å². The number of thioether (sulfide) groups is 1. The van der Waals surface area contributed by atoms with Crippen LogP contribution in [-0.2, 0) is 0 Å². The average molecular weight is 253 g/mol. The number of hydrogen-bond acceptors (Lipinski definition) is 3. The molecule has 1 aromatic carbocycles. The Hall–Kier alpha value is -0.670. The van der Waals surface area contributed by atoms with Crippen LogP contribution in [0.4, 0.5) is 0 Å². The van der Waals surface area contributed by atoms with Gasteiger partial charge in [0.1, 0.15) is 5.75 Å². The minimum absolute atomic E-state index is 0.347. The molecule has 0 radical (unpaired) electrons. The summed E-state index contributed by atoms with van der Waals surface area (Å²) in [6, 6.07) is 8.61. The van der Waals surface area contributed by atoms with Gasteiger partial charge in [-0.3, -0.25) is 0 Å². The fourth-order valence-corrected chi connectivity index (χ4v) is 2.20. The third kappa shape index (κ3) is 5.00. The Labute approximate surface area is 109 Å². The quantitative estimate of drug-likeness (QED) is 0.717. The molecule has 0 aromatic heterocycles. The predicted octanol–water partition coefficient (Wildman–Crippen LogP) is 3.49. The lowest BCUT2D eigenvalue weighted by Gasteiger charge is -2.17. The summed E-state index contributed by atoms with van der Waals surface area (Å²) in [6.45, 7) is 5.99.